The average Bonchev–Trinajstić information content (AvgIpc) is 3.28. The van der Waals surface area contributed by atoms with Crippen molar-refractivity contribution in [2.45, 2.75) is 19.8 Å². The first-order valence-corrected chi connectivity index (χ1v) is 11.8. The van der Waals surface area contributed by atoms with Gasteiger partial charge in [-0.05, 0) is 58.7 Å². The van der Waals surface area contributed by atoms with E-state index in [2.05, 4.69) is 17.6 Å². The lowest BCUT2D eigenvalue weighted by Crippen LogP contribution is -2.55. The molecule has 1 aromatic heterocycles. The molecule has 33 heavy (non-hydrogen) atoms. The summed E-state index contributed by atoms with van der Waals surface area (Å²) >= 11 is 1.23. The number of rotatable bonds is 9. The highest BCUT2D eigenvalue weighted by molar-refractivity contribution is 7.19. The first kappa shape index (κ1) is 22.4. The summed E-state index contributed by atoms with van der Waals surface area (Å²) < 4.78 is 0. The number of hydrogen-bond acceptors (Lipinski definition) is 4. The van der Waals surface area contributed by atoms with E-state index < -0.39 is 0 Å². The van der Waals surface area contributed by atoms with Crippen LogP contribution in [0.3, 0.4) is 0 Å². The van der Waals surface area contributed by atoms with Crippen molar-refractivity contribution >= 4 is 32.9 Å². The van der Waals surface area contributed by atoms with Gasteiger partial charge < -0.3 is 10.6 Å². The van der Waals surface area contributed by atoms with Gasteiger partial charge in [0.25, 0.3) is 5.91 Å². The van der Waals surface area contributed by atoms with E-state index in [1.165, 1.54) is 11.3 Å². The Bertz CT molecular complexity index is 1240. The van der Waals surface area contributed by atoms with Gasteiger partial charge in [-0.1, -0.05) is 74.0 Å². The molecule has 6 heteroatoms. The summed E-state index contributed by atoms with van der Waals surface area (Å²) in [7, 11) is 0. The predicted molar refractivity (Wildman–Crippen MR) is 137 cm³/mol. The number of benzene rings is 3. The molecule has 0 saturated carbocycles. The predicted octanol–water partition coefficient (Wildman–Crippen LogP) is 6.02. The summed E-state index contributed by atoms with van der Waals surface area (Å²) in [6, 6.07) is 27.2. The number of carbonyl (C=O) groups is 1. The highest BCUT2D eigenvalue weighted by Crippen LogP contribution is 2.37. The van der Waals surface area contributed by atoms with Crippen LogP contribution in [0.5, 0.6) is 0 Å². The normalized spacial score (nSPS) is 10.6. The van der Waals surface area contributed by atoms with Crippen LogP contribution in [-0.2, 0) is 0 Å². The molecule has 166 valence electrons. The van der Waals surface area contributed by atoms with Crippen molar-refractivity contribution < 1.29 is 9.97 Å². The zero-order chi connectivity index (χ0) is 23.0. The van der Waals surface area contributed by atoms with Crippen LogP contribution < -0.4 is 15.8 Å². The maximum absolute atomic E-state index is 13.3. The van der Waals surface area contributed by atoms with Gasteiger partial charge in [-0.25, -0.2) is 0 Å². The molecule has 0 bridgehead atoms. The summed E-state index contributed by atoms with van der Waals surface area (Å²) in [6.45, 7) is 3.05. The maximum Gasteiger partial charge on any atom is 0.318 e. The number of nitrogens with one attached hydrogen (secondary N) is 3. The zero-order valence-electron chi connectivity index (χ0n) is 18.4. The Labute approximate surface area is 197 Å². The molecule has 0 spiro atoms. The molecule has 5 nitrogen and oxygen atoms in total. The minimum atomic E-state index is -0.215. The number of nitroso groups, excluding NO2 is 1. The molecule has 0 aliphatic rings. The third-order valence-corrected chi connectivity index (χ3v) is 6.30. The van der Waals surface area contributed by atoms with E-state index in [0.29, 0.717) is 15.6 Å². The first-order chi connectivity index (χ1) is 16.2. The van der Waals surface area contributed by atoms with E-state index in [0.717, 1.165) is 47.3 Å². The molecule has 0 fully saturated rings. The second kappa shape index (κ2) is 10.7. The molecule has 0 atom stereocenters. The standard InChI is InChI=1S/C27H25N3O2S/c1-2-3-16-28-21-14-15-22(23(17-21)19-10-6-4-7-11-19)26(31)29-25-18-24(27(30-32)33-25)20-12-8-5-9-13-20/h4-15,17-18,28H,2-3,16H2,1H3,(H,29,31)/p+1. The average molecular weight is 457 g/mol. The fourth-order valence-corrected chi connectivity index (χ4v) is 4.53. The minimum absolute atomic E-state index is 0.215. The Hall–Kier alpha value is -3.77. The van der Waals surface area contributed by atoms with Crippen LogP contribution in [0, 0.1) is 4.91 Å². The van der Waals surface area contributed by atoms with E-state index in [4.69, 9.17) is 0 Å². The topological polar surface area (TPSA) is 72.2 Å². The number of hydrogen-bond donors (Lipinski definition) is 3. The summed E-state index contributed by atoms with van der Waals surface area (Å²) in [6.07, 6.45) is 2.20. The molecule has 0 radical (unpaired) electrons. The molecule has 0 aliphatic heterocycles. The third kappa shape index (κ3) is 5.35. The van der Waals surface area contributed by atoms with Crippen molar-refractivity contribution in [1.82, 2.24) is 0 Å². The number of amides is 1. The molecule has 0 aliphatic carbocycles. The second-order valence-corrected chi connectivity index (χ2v) is 8.73. The summed E-state index contributed by atoms with van der Waals surface area (Å²) in [5.41, 5.74) is 5.08. The highest BCUT2D eigenvalue weighted by Gasteiger charge is 2.20. The van der Waals surface area contributed by atoms with Crippen LogP contribution in [0.4, 0.5) is 15.7 Å². The zero-order valence-corrected chi connectivity index (χ0v) is 19.2. The molecule has 3 N–H and O–H groups in total. The Morgan fingerprint density at radius 3 is 2.18 bits per heavy atom. The number of anilines is 2. The van der Waals surface area contributed by atoms with Gasteiger partial charge >= 0.3 is 5.00 Å². The van der Waals surface area contributed by atoms with Gasteiger partial charge in [-0.2, -0.15) is 0 Å². The summed E-state index contributed by atoms with van der Waals surface area (Å²) in [5, 5.41) is 9.51. The van der Waals surface area contributed by atoms with Crippen molar-refractivity contribution in [2.24, 2.45) is 0 Å². The van der Waals surface area contributed by atoms with Gasteiger partial charge in [-0.15, -0.1) is 0 Å². The van der Waals surface area contributed by atoms with Crippen LogP contribution in [0.15, 0.2) is 84.9 Å². The molecule has 4 rings (SSSR count). The molecular formula is C27H26N3O2S+. The molecular weight excluding hydrogens is 430 g/mol. The quantitative estimate of drug-likeness (QED) is 0.270. The molecule has 0 saturated heterocycles. The second-order valence-electron chi connectivity index (χ2n) is 7.68. The van der Waals surface area contributed by atoms with Crippen molar-refractivity contribution in [3.63, 3.8) is 0 Å². The van der Waals surface area contributed by atoms with E-state index in [9.17, 15) is 9.70 Å². The SMILES string of the molecule is CCCCNc1ccc(C(=O)Nc2cc(-c3ccccc3)c([NH+]=O)s2)c(-c2ccccc2)c1. The number of unbranched alkanes of at least 4 members (excludes halogenated alkanes) is 1. The van der Waals surface area contributed by atoms with Crippen LogP contribution in [0.2, 0.25) is 0 Å². The lowest BCUT2D eigenvalue weighted by atomic mass is 9.98. The van der Waals surface area contributed by atoms with Crippen molar-refractivity contribution in [2.75, 3.05) is 17.2 Å². The highest BCUT2D eigenvalue weighted by atomic mass is 32.1. The van der Waals surface area contributed by atoms with Crippen LogP contribution >= 0.6 is 11.3 Å². The van der Waals surface area contributed by atoms with E-state index in [1.807, 2.05) is 90.1 Å². The molecule has 0 unspecified atom stereocenters. The van der Waals surface area contributed by atoms with Crippen molar-refractivity contribution in [3.05, 3.63) is 95.4 Å². The minimum Gasteiger partial charge on any atom is -0.385 e. The first-order valence-electron chi connectivity index (χ1n) is 11.0. The third-order valence-electron chi connectivity index (χ3n) is 5.35. The number of thiophene rings is 1. The Morgan fingerprint density at radius 2 is 1.55 bits per heavy atom. The van der Waals surface area contributed by atoms with E-state index in [1.54, 1.807) is 0 Å². The van der Waals surface area contributed by atoms with Gasteiger partial charge in [0, 0.05) is 27.9 Å². The monoisotopic (exact) mass is 456 g/mol. The molecule has 1 heterocycles. The van der Waals surface area contributed by atoms with Gasteiger partial charge in [0.1, 0.15) is 5.00 Å². The van der Waals surface area contributed by atoms with Gasteiger partial charge in [0.2, 0.25) is 0 Å². The number of carbonyl (C=O) groups excluding carboxylic acids is 1. The largest absolute Gasteiger partial charge is 0.385 e. The lowest BCUT2D eigenvalue weighted by Gasteiger charge is -2.13. The van der Waals surface area contributed by atoms with E-state index >= 15 is 0 Å². The molecule has 1 amide bonds. The lowest BCUT2D eigenvalue weighted by molar-refractivity contribution is -0.373. The molecule has 3 aromatic carbocycles. The van der Waals surface area contributed by atoms with Crippen LogP contribution in [0.25, 0.3) is 22.3 Å². The maximum atomic E-state index is 13.3. The van der Waals surface area contributed by atoms with Crippen molar-refractivity contribution in [3.8, 4) is 22.3 Å². The fourth-order valence-electron chi connectivity index (χ4n) is 3.66. The smallest absolute Gasteiger partial charge is 0.318 e. The van der Waals surface area contributed by atoms with Crippen LogP contribution in [-0.4, -0.2) is 12.5 Å². The molecule has 4 aromatic rings. The summed E-state index contributed by atoms with van der Waals surface area (Å²) in [4.78, 5) is 24.8. The Kier molecular flexibility index (Phi) is 7.27. The van der Waals surface area contributed by atoms with Gasteiger partial charge in [0.05, 0.1) is 5.56 Å². The van der Waals surface area contributed by atoms with Gasteiger partial charge in [0.15, 0.2) is 0 Å². The Balaban J connectivity index is 1.64. The fraction of sp³-hybridized carbons (Fsp3) is 0.148. The van der Waals surface area contributed by atoms with E-state index in [-0.39, 0.29) is 5.91 Å². The summed E-state index contributed by atoms with van der Waals surface area (Å²) in [5.74, 6) is -0.215. The van der Waals surface area contributed by atoms with Crippen LogP contribution in [0.1, 0.15) is 30.1 Å². The van der Waals surface area contributed by atoms with Crippen molar-refractivity contribution in [1.29, 1.82) is 0 Å². The van der Waals surface area contributed by atoms with Gasteiger partial charge in [-0.3, -0.25) is 4.79 Å². The Morgan fingerprint density at radius 1 is 0.879 bits per heavy atom.